The number of hydrogen-bond acceptors (Lipinski definition) is 5. The standard InChI is InChI=1S/C12H14BrN3OS/c1-16(7-8-5-3-4-6-9(8)13)12-10(17-2)11(14)15-18-12/h3-6H,7H2,1-2H3,(H2,14,15). The molecule has 96 valence electrons. The summed E-state index contributed by atoms with van der Waals surface area (Å²) in [5.41, 5.74) is 6.95. The SMILES string of the molecule is COc1c(N)nsc1N(C)Cc1ccccc1Br. The average Bonchev–Trinajstić information content (AvgIpc) is 2.73. The van der Waals surface area contributed by atoms with Crippen LogP contribution in [0.15, 0.2) is 28.7 Å². The first kappa shape index (κ1) is 13.2. The van der Waals surface area contributed by atoms with Gasteiger partial charge in [-0.3, -0.25) is 0 Å². The number of rotatable bonds is 4. The summed E-state index contributed by atoms with van der Waals surface area (Å²) in [5, 5.41) is 0.936. The Labute approximate surface area is 119 Å². The number of anilines is 2. The van der Waals surface area contributed by atoms with Gasteiger partial charge in [0.25, 0.3) is 0 Å². The van der Waals surface area contributed by atoms with E-state index in [1.807, 2.05) is 25.2 Å². The lowest BCUT2D eigenvalue weighted by atomic mass is 10.2. The lowest BCUT2D eigenvalue weighted by Gasteiger charge is -2.18. The summed E-state index contributed by atoms with van der Waals surface area (Å²) in [4.78, 5) is 2.08. The fourth-order valence-electron chi connectivity index (χ4n) is 1.67. The van der Waals surface area contributed by atoms with E-state index in [0.717, 1.165) is 16.0 Å². The number of nitrogen functional groups attached to an aromatic ring is 1. The van der Waals surface area contributed by atoms with Crippen LogP contribution in [0, 0.1) is 0 Å². The predicted octanol–water partition coefficient (Wildman–Crippen LogP) is 3.13. The smallest absolute Gasteiger partial charge is 0.197 e. The second-order valence-corrected chi connectivity index (χ2v) is 5.46. The van der Waals surface area contributed by atoms with Gasteiger partial charge in [-0.05, 0) is 23.2 Å². The van der Waals surface area contributed by atoms with Crippen LogP contribution < -0.4 is 15.4 Å². The summed E-state index contributed by atoms with van der Waals surface area (Å²) in [6.45, 7) is 0.763. The number of nitrogens with zero attached hydrogens (tertiary/aromatic N) is 2. The third kappa shape index (κ3) is 2.59. The number of methoxy groups -OCH3 is 1. The van der Waals surface area contributed by atoms with Gasteiger partial charge < -0.3 is 15.4 Å². The molecule has 0 spiro atoms. The van der Waals surface area contributed by atoms with Crippen LogP contribution in [0.4, 0.5) is 10.8 Å². The van der Waals surface area contributed by atoms with E-state index in [0.29, 0.717) is 11.6 Å². The molecule has 2 N–H and O–H groups in total. The van der Waals surface area contributed by atoms with Crippen molar-refractivity contribution in [3.05, 3.63) is 34.3 Å². The zero-order chi connectivity index (χ0) is 13.1. The highest BCUT2D eigenvalue weighted by Crippen LogP contribution is 2.38. The molecular formula is C12H14BrN3OS. The molecule has 18 heavy (non-hydrogen) atoms. The van der Waals surface area contributed by atoms with Gasteiger partial charge in [0.15, 0.2) is 16.6 Å². The number of nitrogens with two attached hydrogens (primary N) is 1. The molecule has 0 amide bonds. The zero-order valence-electron chi connectivity index (χ0n) is 10.2. The number of aromatic nitrogens is 1. The molecule has 0 atom stereocenters. The first-order valence-electron chi connectivity index (χ1n) is 5.37. The van der Waals surface area contributed by atoms with Gasteiger partial charge in [-0.1, -0.05) is 34.1 Å². The molecule has 0 radical (unpaired) electrons. The van der Waals surface area contributed by atoms with E-state index >= 15 is 0 Å². The van der Waals surface area contributed by atoms with Crippen LogP contribution in [0.3, 0.4) is 0 Å². The Morgan fingerprint density at radius 2 is 2.17 bits per heavy atom. The largest absolute Gasteiger partial charge is 0.490 e. The fraction of sp³-hybridized carbons (Fsp3) is 0.250. The average molecular weight is 328 g/mol. The van der Waals surface area contributed by atoms with Crippen molar-refractivity contribution in [3.8, 4) is 5.75 Å². The highest BCUT2D eigenvalue weighted by Gasteiger charge is 2.16. The Bertz CT molecular complexity index is 544. The van der Waals surface area contributed by atoms with E-state index in [4.69, 9.17) is 10.5 Å². The minimum atomic E-state index is 0.441. The molecule has 6 heteroatoms. The topological polar surface area (TPSA) is 51.4 Å². The normalized spacial score (nSPS) is 10.4. The van der Waals surface area contributed by atoms with Gasteiger partial charge in [-0.15, -0.1) is 0 Å². The first-order chi connectivity index (χ1) is 8.63. The van der Waals surface area contributed by atoms with Crippen LogP contribution in [0.2, 0.25) is 0 Å². The summed E-state index contributed by atoms with van der Waals surface area (Å²) in [6, 6.07) is 8.13. The van der Waals surface area contributed by atoms with E-state index in [-0.39, 0.29) is 0 Å². The van der Waals surface area contributed by atoms with Gasteiger partial charge in [0.05, 0.1) is 7.11 Å². The van der Waals surface area contributed by atoms with Crippen molar-refractivity contribution in [2.75, 3.05) is 24.8 Å². The molecule has 0 bridgehead atoms. The summed E-state index contributed by atoms with van der Waals surface area (Å²) < 4.78 is 10.5. The van der Waals surface area contributed by atoms with Crippen molar-refractivity contribution in [1.29, 1.82) is 0 Å². The van der Waals surface area contributed by atoms with Gasteiger partial charge in [-0.2, -0.15) is 4.37 Å². The third-order valence-electron chi connectivity index (χ3n) is 2.57. The van der Waals surface area contributed by atoms with E-state index < -0.39 is 0 Å². The molecule has 0 aliphatic carbocycles. The summed E-state index contributed by atoms with van der Waals surface area (Å²) in [5.74, 6) is 1.09. The molecule has 1 heterocycles. The molecular weight excluding hydrogens is 314 g/mol. The van der Waals surface area contributed by atoms with Crippen molar-refractivity contribution >= 4 is 38.3 Å². The summed E-state index contributed by atoms with van der Waals surface area (Å²) in [6.07, 6.45) is 0. The fourth-order valence-corrected chi connectivity index (χ4v) is 2.83. The minimum absolute atomic E-state index is 0.441. The van der Waals surface area contributed by atoms with Crippen LogP contribution in [0.25, 0.3) is 0 Å². The lowest BCUT2D eigenvalue weighted by Crippen LogP contribution is -2.16. The minimum Gasteiger partial charge on any atom is -0.490 e. The van der Waals surface area contributed by atoms with Gasteiger partial charge >= 0.3 is 0 Å². The molecule has 0 saturated heterocycles. The molecule has 2 rings (SSSR count). The molecule has 2 aromatic rings. The predicted molar refractivity (Wildman–Crippen MR) is 79.3 cm³/mol. The maximum atomic E-state index is 5.75. The first-order valence-corrected chi connectivity index (χ1v) is 6.93. The highest BCUT2D eigenvalue weighted by atomic mass is 79.9. The maximum Gasteiger partial charge on any atom is 0.197 e. The Balaban J connectivity index is 2.22. The third-order valence-corrected chi connectivity index (χ3v) is 4.31. The molecule has 0 fully saturated rings. The summed E-state index contributed by atoms with van der Waals surface area (Å²) in [7, 11) is 3.60. The molecule has 0 saturated carbocycles. The number of ether oxygens (including phenoxy) is 1. The van der Waals surface area contributed by atoms with E-state index in [9.17, 15) is 0 Å². The zero-order valence-corrected chi connectivity index (χ0v) is 12.6. The Hall–Kier alpha value is -1.27. The van der Waals surface area contributed by atoms with E-state index in [1.54, 1.807) is 7.11 Å². The summed E-state index contributed by atoms with van der Waals surface area (Å²) >= 11 is 4.89. The molecule has 1 aromatic carbocycles. The van der Waals surface area contributed by atoms with Crippen LogP contribution in [-0.4, -0.2) is 18.5 Å². The highest BCUT2D eigenvalue weighted by molar-refractivity contribution is 9.10. The lowest BCUT2D eigenvalue weighted by molar-refractivity contribution is 0.418. The van der Waals surface area contributed by atoms with Gasteiger partial charge in [0.2, 0.25) is 0 Å². The van der Waals surface area contributed by atoms with Crippen molar-refractivity contribution in [1.82, 2.24) is 4.37 Å². The quantitative estimate of drug-likeness (QED) is 0.937. The number of hydrogen-bond donors (Lipinski definition) is 1. The van der Waals surface area contributed by atoms with Crippen molar-refractivity contribution < 1.29 is 4.74 Å². The van der Waals surface area contributed by atoms with Gasteiger partial charge in [0, 0.05) is 18.1 Å². The van der Waals surface area contributed by atoms with Crippen molar-refractivity contribution in [3.63, 3.8) is 0 Å². The van der Waals surface area contributed by atoms with Crippen LogP contribution in [0.5, 0.6) is 5.75 Å². The van der Waals surface area contributed by atoms with Gasteiger partial charge in [-0.25, -0.2) is 0 Å². The molecule has 1 aromatic heterocycles. The van der Waals surface area contributed by atoms with Crippen molar-refractivity contribution in [2.24, 2.45) is 0 Å². The molecule has 4 nitrogen and oxygen atoms in total. The second kappa shape index (κ2) is 5.58. The van der Waals surface area contributed by atoms with E-state index in [1.165, 1.54) is 17.1 Å². The number of benzene rings is 1. The maximum absolute atomic E-state index is 5.75. The van der Waals surface area contributed by atoms with Crippen LogP contribution >= 0.6 is 27.5 Å². The second-order valence-electron chi connectivity index (χ2n) is 3.85. The van der Waals surface area contributed by atoms with E-state index in [2.05, 4.69) is 31.3 Å². The van der Waals surface area contributed by atoms with Gasteiger partial charge in [0.1, 0.15) is 0 Å². The Morgan fingerprint density at radius 1 is 1.44 bits per heavy atom. The molecule has 0 aliphatic heterocycles. The van der Waals surface area contributed by atoms with Crippen LogP contribution in [0.1, 0.15) is 5.56 Å². The monoisotopic (exact) mass is 327 g/mol. The Morgan fingerprint density at radius 3 is 2.83 bits per heavy atom. The van der Waals surface area contributed by atoms with Crippen LogP contribution in [-0.2, 0) is 6.54 Å². The Kier molecular flexibility index (Phi) is 4.08. The molecule has 0 unspecified atom stereocenters. The molecule has 0 aliphatic rings. The van der Waals surface area contributed by atoms with Crippen molar-refractivity contribution in [2.45, 2.75) is 6.54 Å². The number of halogens is 1.